The first-order chi connectivity index (χ1) is 14.5. The Bertz CT molecular complexity index is 988. The van der Waals surface area contributed by atoms with E-state index in [1.165, 1.54) is 14.2 Å². The first-order valence-electron chi connectivity index (χ1n) is 9.66. The van der Waals surface area contributed by atoms with Gasteiger partial charge in [-0.25, -0.2) is 4.79 Å². The molecule has 2 aromatic rings. The van der Waals surface area contributed by atoms with Gasteiger partial charge in [0.2, 0.25) is 12.5 Å². The zero-order valence-electron chi connectivity index (χ0n) is 17.5. The van der Waals surface area contributed by atoms with Gasteiger partial charge in [0.05, 0.1) is 21.3 Å². The lowest BCUT2D eigenvalue weighted by atomic mass is 9.86. The fourth-order valence-corrected chi connectivity index (χ4v) is 4.36. The summed E-state index contributed by atoms with van der Waals surface area (Å²) in [4.78, 5) is 14.3. The molecule has 160 valence electrons. The Labute approximate surface area is 174 Å². The molecule has 30 heavy (non-hydrogen) atoms. The molecule has 0 saturated heterocycles. The lowest BCUT2D eigenvalue weighted by Gasteiger charge is -2.36. The molecule has 1 N–H and O–H groups in total. The van der Waals surface area contributed by atoms with Crippen LogP contribution in [-0.4, -0.2) is 57.7 Å². The van der Waals surface area contributed by atoms with E-state index in [-0.39, 0.29) is 24.1 Å². The van der Waals surface area contributed by atoms with Crippen molar-refractivity contribution in [3.63, 3.8) is 0 Å². The molecule has 2 heterocycles. The maximum absolute atomic E-state index is 12.1. The Hall–Kier alpha value is -3.13. The van der Waals surface area contributed by atoms with Gasteiger partial charge in [0.15, 0.2) is 23.0 Å². The normalized spacial score (nSPS) is 17.4. The Morgan fingerprint density at radius 1 is 1.17 bits per heavy atom. The number of carboxylic acid groups (broad SMARTS) is 1. The highest BCUT2D eigenvalue weighted by Crippen LogP contribution is 2.50. The number of nitrogens with zero attached hydrogens (tertiary/aromatic N) is 1. The summed E-state index contributed by atoms with van der Waals surface area (Å²) in [6.07, 6.45) is 1.30. The van der Waals surface area contributed by atoms with Crippen molar-refractivity contribution in [3.05, 3.63) is 40.5 Å². The van der Waals surface area contributed by atoms with E-state index in [0.717, 1.165) is 24.1 Å². The quantitative estimate of drug-likeness (QED) is 0.771. The number of likely N-dealkylation sites (N-methyl/N-ethyl adjacent to an activating group) is 1. The largest absolute Gasteiger partial charge is 0.493 e. The van der Waals surface area contributed by atoms with Crippen molar-refractivity contribution >= 4 is 5.97 Å². The molecule has 8 heteroatoms. The molecule has 0 bridgehead atoms. The number of benzene rings is 2. The molecule has 0 spiro atoms. The van der Waals surface area contributed by atoms with Crippen LogP contribution < -0.4 is 23.7 Å². The molecule has 0 radical (unpaired) electrons. The van der Waals surface area contributed by atoms with Crippen molar-refractivity contribution < 1.29 is 33.6 Å². The average Bonchev–Trinajstić information content (AvgIpc) is 3.21. The number of ether oxygens (including phenoxy) is 5. The summed E-state index contributed by atoms with van der Waals surface area (Å²) in [5.74, 6) is 1.48. The van der Waals surface area contributed by atoms with Crippen molar-refractivity contribution in [2.45, 2.75) is 18.9 Å². The standard InChI is InChI=1S/C22H25NO7/c1-23-8-7-13-10-16-20(30-11-29-16)21(28-4)17(13)14(23)9-12-5-6-15(26-2)19(27-3)18(12)22(24)25/h5-6,10,14H,7-9,11H2,1-4H3,(H,24,25). The molecule has 0 fully saturated rings. The minimum absolute atomic E-state index is 0.102. The third-order valence-corrected chi connectivity index (χ3v) is 5.81. The van der Waals surface area contributed by atoms with Crippen LogP contribution in [0.5, 0.6) is 28.7 Å². The second kappa shape index (κ2) is 7.95. The van der Waals surface area contributed by atoms with Gasteiger partial charge in [-0.2, -0.15) is 0 Å². The molecule has 8 nitrogen and oxygen atoms in total. The van der Waals surface area contributed by atoms with Crippen LogP contribution in [0.1, 0.15) is 33.1 Å². The number of hydrogen-bond donors (Lipinski definition) is 1. The van der Waals surface area contributed by atoms with Gasteiger partial charge < -0.3 is 28.8 Å². The van der Waals surface area contributed by atoms with E-state index in [2.05, 4.69) is 4.90 Å². The van der Waals surface area contributed by atoms with E-state index in [9.17, 15) is 9.90 Å². The maximum atomic E-state index is 12.1. The van der Waals surface area contributed by atoms with E-state index >= 15 is 0 Å². The Morgan fingerprint density at radius 2 is 1.93 bits per heavy atom. The van der Waals surface area contributed by atoms with Crippen molar-refractivity contribution in [2.75, 3.05) is 41.7 Å². The topological polar surface area (TPSA) is 86.7 Å². The molecule has 0 amide bonds. The first-order valence-corrected chi connectivity index (χ1v) is 9.66. The molecule has 1 unspecified atom stereocenters. The summed E-state index contributed by atoms with van der Waals surface area (Å²) in [6, 6.07) is 5.43. The number of fused-ring (bicyclic) bond motifs is 2. The van der Waals surface area contributed by atoms with E-state index in [4.69, 9.17) is 23.7 Å². The van der Waals surface area contributed by atoms with Crippen molar-refractivity contribution in [1.82, 2.24) is 4.90 Å². The SMILES string of the molecule is COc1ccc(CC2c3c(cc4c(c3OC)OCO4)CCN2C)c(C(=O)O)c1OC. The number of aromatic carboxylic acids is 1. The number of hydrogen-bond acceptors (Lipinski definition) is 7. The van der Waals surface area contributed by atoms with E-state index in [1.54, 1.807) is 19.2 Å². The second-order valence-corrected chi connectivity index (χ2v) is 7.31. The van der Waals surface area contributed by atoms with Gasteiger partial charge in [-0.3, -0.25) is 4.90 Å². The highest BCUT2D eigenvalue weighted by Gasteiger charge is 2.35. The summed E-state index contributed by atoms with van der Waals surface area (Å²) in [5.41, 5.74) is 2.89. The number of carbonyl (C=O) groups is 1. The molecule has 1 atom stereocenters. The average molecular weight is 415 g/mol. The predicted molar refractivity (Wildman–Crippen MR) is 108 cm³/mol. The van der Waals surface area contributed by atoms with Crippen LogP contribution in [0.2, 0.25) is 0 Å². The Kier molecular flexibility index (Phi) is 5.34. The number of methoxy groups -OCH3 is 3. The first kappa shape index (κ1) is 20.2. The predicted octanol–water partition coefficient (Wildman–Crippen LogP) is 2.91. The minimum atomic E-state index is -1.06. The third kappa shape index (κ3) is 3.17. The molecular formula is C22H25NO7. The Morgan fingerprint density at radius 3 is 2.60 bits per heavy atom. The van der Waals surface area contributed by atoms with Crippen LogP contribution in [-0.2, 0) is 12.8 Å². The molecule has 4 rings (SSSR count). The van der Waals surface area contributed by atoms with Crippen molar-refractivity contribution in [2.24, 2.45) is 0 Å². The minimum Gasteiger partial charge on any atom is -0.493 e. The van der Waals surface area contributed by atoms with Crippen LogP contribution in [0.25, 0.3) is 0 Å². The fourth-order valence-electron chi connectivity index (χ4n) is 4.36. The maximum Gasteiger partial charge on any atom is 0.339 e. The zero-order valence-corrected chi connectivity index (χ0v) is 17.5. The molecule has 0 aromatic heterocycles. The van der Waals surface area contributed by atoms with Crippen LogP contribution in [0.3, 0.4) is 0 Å². The van der Waals surface area contributed by atoms with E-state index in [1.807, 2.05) is 13.1 Å². The van der Waals surface area contributed by atoms with Gasteiger partial charge in [-0.05, 0) is 43.1 Å². The van der Waals surface area contributed by atoms with Crippen molar-refractivity contribution in [3.8, 4) is 28.7 Å². The van der Waals surface area contributed by atoms with E-state index < -0.39 is 5.97 Å². The monoisotopic (exact) mass is 415 g/mol. The van der Waals surface area contributed by atoms with Crippen LogP contribution in [0, 0.1) is 0 Å². The van der Waals surface area contributed by atoms with E-state index in [0.29, 0.717) is 35.0 Å². The van der Waals surface area contributed by atoms with Crippen LogP contribution in [0.15, 0.2) is 18.2 Å². The van der Waals surface area contributed by atoms with Gasteiger partial charge in [-0.15, -0.1) is 0 Å². The second-order valence-electron chi connectivity index (χ2n) is 7.31. The fraction of sp³-hybridized carbons (Fsp3) is 0.409. The van der Waals surface area contributed by atoms with Gasteiger partial charge in [0, 0.05) is 18.2 Å². The summed E-state index contributed by atoms with van der Waals surface area (Å²) in [6.45, 7) is 0.990. The molecule has 2 aliphatic rings. The molecule has 0 aliphatic carbocycles. The van der Waals surface area contributed by atoms with Gasteiger partial charge in [0.1, 0.15) is 5.56 Å². The van der Waals surface area contributed by atoms with Crippen LogP contribution in [0.4, 0.5) is 0 Å². The van der Waals surface area contributed by atoms with Crippen LogP contribution >= 0.6 is 0 Å². The summed E-state index contributed by atoms with van der Waals surface area (Å²) in [5, 5.41) is 9.91. The summed E-state index contributed by atoms with van der Waals surface area (Å²) in [7, 11) is 6.57. The van der Waals surface area contributed by atoms with Gasteiger partial charge in [-0.1, -0.05) is 6.07 Å². The Balaban J connectivity index is 1.83. The zero-order chi connectivity index (χ0) is 21.4. The molecule has 2 aliphatic heterocycles. The summed E-state index contributed by atoms with van der Waals surface area (Å²) < 4.78 is 27.6. The number of rotatable bonds is 6. The summed E-state index contributed by atoms with van der Waals surface area (Å²) >= 11 is 0. The highest BCUT2D eigenvalue weighted by molar-refractivity contribution is 5.94. The number of carboxylic acids is 1. The van der Waals surface area contributed by atoms with Gasteiger partial charge in [0.25, 0.3) is 0 Å². The van der Waals surface area contributed by atoms with Gasteiger partial charge >= 0.3 is 5.97 Å². The lowest BCUT2D eigenvalue weighted by molar-refractivity contribution is 0.0690. The van der Waals surface area contributed by atoms with Crippen molar-refractivity contribution in [1.29, 1.82) is 0 Å². The molecule has 0 saturated carbocycles. The lowest BCUT2D eigenvalue weighted by Crippen LogP contribution is -2.34. The smallest absolute Gasteiger partial charge is 0.339 e. The third-order valence-electron chi connectivity index (χ3n) is 5.81. The molecular weight excluding hydrogens is 390 g/mol. The highest BCUT2D eigenvalue weighted by atomic mass is 16.7. The molecule has 2 aromatic carbocycles.